The van der Waals surface area contributed by atoms with Gasteiger partial charge >= 0.3 is 0 Å². The molecule has 3 rings (SSSR count). The fourth-order valence-electron chi connectivity index (χ4n) is 2.63. The van der Waals surface area contributed by atoms with Crippen LogP contribution in [0.3, 0.4) is 0 Å². The molecule has 1 aliphatic heterocycles. The standard InChI is InChI=1S/C14H16ClN3O2/c1-9-11(3-2-6-18(9)8-19)16-14-17-12-7-10(15)4-5-13(12)20-14/h4-5,7-9,11H,2-3,6H2,1H3,(H,16,17). The van der Waals surface area contributed by atoms with E-state index in [1.165, 1.54) is 0 Å². The van der Waals surface area contributed by atoms with E-state index in [0.717, 1.165) is 31.3 Å². The zero-order valence-corrected chi connectivity index (χ0v) is 11.9. The van der Waals surface area contributed by atoms with E-state index >= 15 is 0 Å². The van der Waals surface area contributed by atoms with Gasteiger partial charge in [0.15, 0.2) is 5.58 Å². The Morgan fingerprint density at radius 3 is 3.20 bits per heavy atom. The molecule has 2 heterocycles. The van der Waals surface area contributed by atoms with E-state index < -0.39 is 0 Å². The Hall–Kier alpha value is -1.75. The van der Waals surface area contributed by atoms with Crippen LogP contribution in [0.1, 0.15) is 19.8 Å². The molecular weight excluding hydrogens is 278 g/mol. The number of amides is 1. The van der Waals surface area contributed by atoms with Crippen molar-refractivity contribution < 1.29 is 9.21 Å². The van der Waals surface area contributed by atoms with Gasteiger partial charge in [0.05, 0.1) is 6.04 Å². The molecular formula is C14H16ClN3O2. The van der Waals surface area contributed by atoms with Gasteiger partial charge in [-0.25, -0.2) is 0 Å². The normalized spacial score (nSPS) is 23.0. The minimum atomic E-state index is 0.125. The Labute approximate surface area is 121 Å². The smallest absolute Gasteiger partial charge is 0.295 e. The number of anilines is 1. The monoisotopic (exact) mass is 293 g/mol. The van der Waals surface area contributed by atoms with Gasteiger partial charge in [0, 0.05) is 17.6 Å². The van der Waals surface area contributed by atoms with Crippen LogP contribution in [0, 0.1) is 0 Å². The molecule has 106 valence electrons. The lowest BCUT2D eigenvalue weighted by Crippen LogP contribution is -2.48. The summed E-state index contributed by atoms with van der Waals surface area (Å²) in [5.74, 6) is 0. The van der Waals surface area contributed by atoms with E-state index in [4.69, 9.17) is 16.0 Å². The molecule has 2 unspecified atom stereocenters. The maximum absolute atomic E-state index is 11.0. The van der Waals surface area contributed by atoms with Crippen molar-refractivity contribution in [3.05, 3.63) is 23.2 Å². The van der Waals surface area contributed by atoms with Crippen LogP contribution in [0.25, 0.3) is 11.1 Å². The predicted octanol–water partition coefficient (Wildman–Crippen LogP) is 2.90. The molecule has 1 saturated heterocycles. The quantitative estimate of drug-likeness (QED) is 0.884. The third kappa shape index (κ3) is 2.45. The largest absolute Gasteiger partial charge is 0.424 e. The summed E-state index contributed by atoms with van der Waals surface area (Å²) >= 11 is 5.93. The number of carbonyl (C=O) groups excluding carboxylic acids is 1. The average molecular weight is 294 g/mol. The Balaban J connectivity index is 1.80. The summed E-state index contributed by atoms with van der Waals surface area (Å²) in [6, 6.07) is 6.10. The van der Waals surface area contributed by atoms with Crippen LogP contribution in [0.2, 0.25) is 5.02 Å². The molecule has 20 heavy (non-hydrogen) atoms. The molecule has 0 spiro atoms. The minimum absolute atomic E-state index is 0.125. The number of fused-ring (bicyclic) bond motifs is 1. The van der Waals surface area contributed by atoms with Gasteiger partial charge in [0.2, 0.25) is 6.41 Å². The van der Waals surface area contributed by atoms with E-state index in [0.29, 0.717) is 16.6 Å². The van der Waals surface area contributed by atoms with Crippen LogP contribution in [0.4, 0.5) is 6.01 Å². The van der Waals surface area contributed by atoms with Gasteiger partial charge in [0.1, 0.15) is 5.52 Å². The third-order valence-electron chi connectivity index (χ3n) is 3.83. The molecule has 0 aliphatic carbocycles. The molecule has 0 bridgehead atoms. The van der Waals surface area contributed by atoms with E-state index in [1.54, 1.807) is 23.1 Å². The molecule has 2 aromatic rings. The van der Waals surface area contributed by atoms with Crippen LogP contribution in [0.5, 0.6) is 0 Å². The molecule has 1 aromatic carbocycles. The van der Waals surface area contributed by atoms with Gasteiger partial charge in [-0.05, 0) is 38.0 Å². The Bertz CT molecular complexity index is 628. The topological polar surface area (TPSA) is 58.4 Å². The van der Waals surface area contributed by atoms with Crippen molar-refractivity contribution in [3.8, 4) is 0 Å². The summed E-state index contributed by atoms with van der Waals surface area (Å²) in [7, 11) is 0. The van der Waals surface area contributed by atoms with Crippen molar-refractivity contribution in [2.24, 2.45) is 0 Å². The number of carbonyl (C=O) groups is 1. The highest BCUT2D eigenvalue weighted by atomic mass is 35.5. The Morgan fingerprint density at radius 1 is 1.55 bits per heavy atom. The molecule has 0 saturated carbocycles. The summed E-state index contributed by atoms with van der Waals surface area (Å²) in [6.07, 6.45) is 2.88. The number of nitrogens with one attached hydrogen (secondary N) is 1. The van der Waals surface area contributed by atoms with Crippen LogP contribution in [-0.2, 0) is 4.79 Å². The fraction of sp³-hybridized carbons (Fsp3) is 0.429. The number of halogens is 1. The van der Waals surface area contributed by atoms with E-state index in [1.807, 2.05) is 6.92 Å². The van der Waals surface area contributed by atoms with E-state index in [-0.39, 0.29) is 12.1 Å². The zero-order valence-electron chi connectivity index (χ0n) is 11.2. The van der Waals surface area contributed by atoms with Crippen molar-refractivity contribution >= 4 is 35.1 Å². The number of benzene rings is 1. The number of hydrogen-bond acceptors (Lipinski definition) is 4. The molecule has 1 N–H and O–H groups in total. The lowest BCUT2D eigenvalue weighted by molar-refractivity contribution is -0.121. The number of piperidine rings is 1. The highest BCUT2D eigenvalue weighted by Gasteiger charge is 2.27. The molecule has 1 fully saturated rings. The molecule has 1 aromatic heterocycles. The first-order chi connectivity index (χ1) is 9.67. The summed E-state index contributed by atoms with van der Waals surface area (Å²) < 4.78 is 5.66. The highest BCUT2D eigenvalue weighted by molar-refractivity contribution is 6.31. The number of aromatic nitrogens is 1. The second kappa shape index (κ2) is 5.32. The van der Waals surface area contributed by atoms with Crippen molar-refractivity contribution in [1.29, 1.82) is 0 Å². The molecule has 2 atom stereocenters. The van der Waals surface area contributed by atoms with Crippen LogP contribution in [0.15, 0.2) is 22.6 Å². The van der Waals surface area contributed by atoms with E-state index in [2.05, 4.69) is 10.3 Å². The first-order valence-electron chi connectivity index (χ1n) is 6.71. The second-order valence-electron chi connectivity index (χ2n) is 5.11. The maximum atomic E-state index is 11.0. The average Bonchev–Trinajstić information content (AvgIpc) is 2.82. The summed E-state index contributed by atoms with van der Waals surface area (Å²) in [5, 5.41) is 3.92. The molecule has 5 nitrogen and oxygen atoms in total. The highest BCUT2D eigenvalue weighted by Crippen LogP contribution is 2.25. The van der Waals surface area contributed by atoms with Crippen molar-refractivity contribution in [2.75, 3.05) is 11.9 Å². The van der Waals surface area contributed by atoms with Crippen molar-refractivity contribution in [2.45, 2.75) is 31.8 Å². The molecule has 6 heteroatoms. The maximum Gasteiger partial charge on any atom is 0.295 e. The lowest BCUT2D eigenvalue weighted by Gasteiger charge is -2.36. The predicted molar refractivity (Wildman–Crippen MR) is 77.9 cm³/mol. The first kappa shape index (κ1) is 13.2. The third-order valence-corrected chi connectivity index (χ3v) is 4.07. The molecule has 1 amide bonds. The minimum Gasteiger partial charge on any atom is -0.424 e. The van der Waals surface area contributed by atoms with Gasteiger partial charge in [0.25, 0.3) is 6.01 Å². The number of likely N-dealkylation sites (tertiary alicyclic amines) is 1. The summed E-state index contributed by atoms with van der Waals surface area (Å²) in [4.78, 5) is 17.2. The molecule has 1 aliphatic rings. The number of rotatable bonds is 3. The number of nitrogens with zero attached hydrogens (tertiary/aromatic N) is 2. The van der Waals surface area contributed by atoms with Crippen LogP contribution in [-0.4, -0.2) is 34.9 Å². The fourth-order valence-corrected chi connectivity index (χ4v) is 2.80. The van der Waals surface area contributed by atoms with Crippen LogP contribution >= 0.6 is 11.6 Å². The number of oxazole rings is 1. The second-order valence-corrected chi connectivity index (χ2v) is 5.54. The van der Waals surface area contributed by atoms with Gasteiger partial charge in [-0.3, -0.25) is 4.79 Å². The molecule has 0 radical (unpaired) electrons. The summed E-state index contributed by atoms with van der Waals surface area (Å²) in [6.45, 7) is 2.84. The number of hydrogen-bond donors (Lipinski definition) is 1. The van der Waals surface area contributed by atoms with Gasteiger partial charge in [-0.1, -0.05) is 11.6 Å². The van der Waals surface area contributed by atoms with Crippen molar-refractivity contribution in [1.82, 2.24) is 9.88 Å². The first-order valence-corrected chi connectivity index (χ1v) is 7.09. The van der Waals surface area contributed by atoms with Gasteiger partial charge < -0.3 is 14.6 Å². The van der Waals surface area contributed by atoms with Crippen molar-refractivity contribution in [3.63, 3.8) is 0 Å². The summed E-state index contributed by atoms with van der Waals surface area (Å²) in [5.41, 5.74) is 1.43. The lowest BCUT2D eigenvalue weighted by atomic mass is 9.98. The Morgan fingerprint density at radius 2 is 2.40 bits per heavy atom. The zero-order chi connectivity index (χ0) is 14.1. The Kier molecular flexibility index (Phi) is 3.53. The van der Waals surface area contributed by atoms with Gasteiger partial charge in [-0.15, -0.1) is 0 Å². The van der Waals surface area contributed by atoms with E-state index in [9.17, 15) is 4.79 Å². The SMILES string of the molecule is CC1C(Nc2nc3cc(Cl)ccc3o2)CCCN1C=O. The van der Waals surface area contributed by atoms with Gasteiger partial charge in [-0.2, -0.15) is 4.98 Å². The van der Waals surface area contributed by atoms with Crippen LogP contribution < -0.4 is 5.32 Å².